The van der Waals surface area contributed by atoms with Crippen molar-refractivity contribution in [2.75, 3.05) is 6.61 Å². The van der Waals surface area contributed by atoms with E-state index in [2.05, 4.69) is 12.1 Å². The van der Waals surface area contributed by atoms with Gasteiger partial charge in [0.2, 0.25) is 0 Å². The molecule has 3 unspecified atom stereocenters. The Morgan fingerprint density at radius 2 is 2.29 bits per heavy atom. The Kier molecular flexibility index (Phi) is 2.26. The van der Waals surface area contributed by atoms with Crippen LogP contribution < -0.4 is 0 Å². The molecular weight excluding hydrogens is 216 g/mol. The molecule has 17 heavy (non-hydrogen) atoms. The summed E-state index contributed by atoms with van der Waals surface area (Å²) in [5.74, 6) is -0.0886. The van der Waals surface area contributed by atoms with E-state index in [0.29, 0.717) is 13.2 Å². The van der Waals surface area contributed by atoms with Crippen molar-refractivity contribution in [1.29, 1.82) is 0 Å². The highest BCUT2D eigenvalue weighted by Crippen LogP contribution is 2.63. The minimum atomic E-state index is -0.347. The van der Waals surface area contributed by atoms with E-state index in [1.165, 1.54) is 11.1 Å². The standard InChI is InChI=1S/C14H16O3/c1-3-16-13(15)12-11-10-7-5-4-6-9(10)8-17-14(11,12)2/h4-7,11-12H,3,8H2,1-2H3. The van der Waals surface area contributed by atoms with Gasteiger partial charge in [-0.1, -0.05) is 24.3 Å². The van der Waals surface area contributed by atoms with E-state index in [1.807, 2.05) is 26.0 Å². The van der Waals surface area contributed by atoms with Crippen LogP contribution in [0.1, 0.15) is 30.9 Å². The second-order valence-corrected chi connectivity index (χ2v) is 4.88. The first kappa shape index (κ1) is 10.8. The van der Waals surface area contributed by atoms with E-state index in [9.17, 15) is 4.79 Å². The third-order valence-corrected chi connectivity index (χ3v) is 3.93. The smallest absolute Gasteiger partial charge is 0.312 e. The number of hydrogen-bond donors (Lipinski definition) is 0. The first-order chi connectivity index (χ1) is 8.18. The number of hydrogen-bond acceptors (Lipinski definition) is 3. The van der Waals surface area contributed by atoms with Gasteiger partial charge < -0.3 is 9.47 Å². The molecule has 0 saturated heterocycles. The Balaban J connectivity index is 1.92. The summed E-state index contributed by atoms with van der Waals surface area (Å²) in [4.78, 5) is 11.9. The lowest BCUT2D eigenvalue weighted by atomic mass is 9.99. The molecule has 3 rings (SSSR count). The summed E-state index contributed by atoms with van der Waals surface area (Å²) < 4.78 is 11.0. The lowest BCUT2D eigenvalue weighted by Crippen LogP contribution is -2.21. The summed E-state index contributed by atoms with van der Waals surface area (Å²) in [5.41, 5.74) is 2.10. The highest BCUT2D eigenvalue weighted by atomic mass is 16.5. The van der Waals surface area contributed by atoms with E-state index in [0.717, 1.165) is 0 Å². The van der Waals surface area contributed by atoms with Crippen molar-refractivity contribution < 1.29 is 14.3 Å². The van der Waals surface area contributed by atoms with Gasteiger partial charge in [0, 0.05) is 5.92 Å². The van der Waals surface area contributed by atoms with Gasteiger partial charge in [0.05, 0.1) is 24.7 Å². The van der Waals surface area contributed by atoms with Crippen molar-refractivity contribution in [2.45, 2.75) is 32.0 Å². The normalized spacial score (nSPS) is 33.5. The zero-order valence-corrected chi connectivity index (χ0v) is 10.1. The average Bonchev–Trinajstić information content (AvgIpc) is 2.96. The number of carbonyl (C=O) groups excluding carboxylic acids is 1. The maximum atomic E-state index is 11.9. The van der Waals surface area contributed by atoms with Crippen LogP contribution >= 0.6 is 0 Å². The molecular formula is C14H16O3. The minimum absolute atomic E-state index is 0.128. The summed E-state index contributed by atoms with van der Waals surface area (Å²) in [6.07, 6.45) is 0. The average molecular weight is 232 g/mol. The van der Waals surface area contributed by atoms with E-state index in [1.54, 1.807) is 0 Å². The van der Waals surface area contributed by atoms with Crippen LogP contribution in [0.25, 0.3) is 0 Å². The predicted octanol–water partition coefficient (Wildman–Crippen LogP) is 2.25. The quantitative estimate of drug-likeness (QED) is 0.734. The van der Waals surface area contributed by atoms with Gasteiger partial charge in [-0.05, 0) is 25.0 Å². The van der Waals surface area contributed by atoms with Gasteiger partial charge in [-0.15, -0.1) is 0 Å². The molecule has 3 heteroatoms. The topological polar surface area (TPSA) is 35.5 Å². The molecule has 0 spiro atoms. The molecule has 1 aromatic rings. The zero-order valence-electron chi connectivity index (χ0n) is 10.1. The summed E-state index contributed by atoms with van der Waals surface area (Å²) in [6.45, 7) is 4.87. The summed E-state index contributed by atoms with van der Waals surface area (Å²) in [5, 5.41) is 0. The molecule has 1 aliphatic carbocycles. The van der Waals surface area contributed by atoms with Crippen LogP contribution in [0.15, 0.2) is 24.3 Å². The number of ether oxygens (including phenoxy) is 2. The van der Waals surface area contributed by atoms with Crippen molar-refractivity contribution >= 4 is 5.97 Å². The molecule has 0 amide bonds. The Hall–Kier alpha value is -1.35. The van der Waals surface area contributed by atoms with Crippen LogP contribution in [0.5, 0.6) is 0 Å². The summed E-state index contributed by atoms with van der Waals surface area (Å²) >= 11 is 0. The van der Waals surface area contributed by atoms with Gasteiger partial charge in [0.15, 0.2) is 0 Å². The van der Waals surface area contributed by atoms with Gasteiger partial charge in [-0.25, -0.2) is 0 Å². The zero-order chi connectivity index (χ0) is 12.0. The monoisotopic (exact) mass is 232 g/mol. The largest absolute Gasteiger partial charge is 0.466 e. The Morgan fingerprint density at radius 3 is 3.06 bits per heavy atom. The van der Waals surface area contributed by atoms with E-state index >= 15 is 0 Å². The molecule has 3 nitrogen and oxygen atoms in total. The van der Waals surface area contributed by atoms with Crippen LogP contribution in [-0.4, -0.2) is 18.2 Å². The third kappa shape index (κ3) is 1.42. The van der Waals surface area contributed by atoms with Gasteiger partial charge in [-0.2, -0.15) is 0 Å². The van der Waals surface area contributed by atoms with Gasteiger partial charge in [-0.3, -0.25) is 4.79 Å². The number of fused-ring (bicyclic) bond motifs is 3. The third-order valence-electron chi connectivity index (χ3n) is 3.93. The molecule has 1 heterocycles. The molecule has 0 N–H and O–H groups in total. The van der Waals surface area contributed by atoms with Gasteiger partial charge >= 0.3 is 5.97 Å². The molecule has 90 valence electrons. The van der Waals surface area contributed by atoms with Crippen LogP contribution in [-0.2, 0) is 20.9 Å². The fourth-order valence-electron chi connectivity index (χ4n) is 2.96. The molecule has 1 saturated carbocycles. The SMILES string of the molecule is CCOC(=O)C1C2c3ccccc3COC12C. The minimum Gasteiger partial charge on any atom is -0.466 e. The highest BCUT2D eigenvalue weighted by Gasteiger charge is 2.69. The first-order valence-corrected chi connectivity index (χ1v) is 6.07. The molecule has 0 radical (unpaired) electrons. The van der Waals surface area contributed by atoms with Gasteiger partial charge in [0.1, 0.15) is 0 Å². The molecule has 1 fully saturated rings. The maximum absolute atomic E-state index is 11.9. The molecule has 1 aromatic carbocycles. The van der Waals surface area contributed by atoms with Crippen molar-refractivity contribution in [2.24, 2.45) is 5.92 Å². The predicted molar refractivity (Wildman–Crippen MR) is 62.5 cm³/mol. The second kappa shape index (κ2) is 3.57. The summed E-state index contributed by atoms with van der Waals surface area (Å²) in [7, 11) is 0. The first-order valence-electron chi connectivity index (χ1n) is 6.07. The Bertz CT molecular complexity index is 468. The van der Waals surface area contributed by atoms with Crippen molar-refractivity contribution in [3.63, 3.8) is 0 Å². The molecule has 1 aliphatic heterocycles. The fraction of sp³-hybridized carbons (Fsp3) is 0.500. The molecule has 0 aromatic heterocycles. The Morgan fingerprint density at radius 1 is 1.53 bits per heavy atom. The van der Waals surface area contributed by atoms with E-state index in [4.69, 9.17) is 9.47 Å². The van der Waals surface area contributed by atoms with Crippen molar-refractivity contribution in [1.82, 2.24) is 0 Å². The number of esters is 1. The highest BCUT2D eigenvalue weighted by molar-refractivity contribution is 5.81. The van der Waals surface area contributed by atoms with Crippen molar-refractivity contribution in [3.05, 3.63) is 35.4 Å². The second-order valence-electron chi connectivity index (χ2n) is 4.88. The maximum Gasteiger partial charge on any atom is 0.312 e. The number of carbonyl (C=O) groups is 1. The number of rotatable bonds is 2. The lowest BCUT2D eigenvalue weighted by molar-refractivity contribution is -0.147. The van der Waals surface area contributed by atoms with Crippen LogP contribution in [0.3, 0.4) is 0 Å². The van der Waals surface area contributed by atoms with Crippen molar-refractivity contribution in [3.8, 4) is 0 Å². The van der Waals surface area contributed by atoms with Crippen LogP contribution in [0.4, 0.5) is 0 Å². The fourth-order valence-corrected chi connectivity index (χ4v) is 2.96. The summed E-state index contributed by atoms with van der Waals surface area (Å²) in [6, 6.07) is 8.19. The molecule has 3 atom stereocenters. The van der Waals surface area contributed by atoms with Crippen LogP contribution in [0, 0.1) is 5.92 Å². The molecule has 0 bridgehead atoms. The van der Waals surface area contributed by atoms with Gasteiger partial charge in [0.25, 0.3) is 0 Å². The van der Waals surface area contributed by atoms with E-state index in [-0.39, 0.29) is 23.4 Å². The molecule has 2 aliphatic rings. The lowest BCUT2D eigenvalue weighted by Gasteiger charge is -2.21. The Labute approximate surface area is 101 Å². The van der Waals surface area contributed by atoms with Crippen LogP contribution in [0.2, 0.25) is 0 Å². The van der Waals surface area contributed by atoms with E-state index < -0.39 is 0 Å². The number of benzene rings is 1.